The number of carbonyl (C=O) groups excluding carboxylic acids is 1. The summed E-state index contributed by atoms with van der Waals surface area (Å²) in [5.74, 6) is -0.296. The lowest BCUT2D eigenvalue weighted by atomic mass is 10.2. The Morgan fingerprint density at radius 2 is 1.13 bits per heavy atom. The Bertz CT molecular complexity index is 1080. The Labute approximate surface area is 195 Å². The third kappa shape index (κ3) is 4.63. The minimum atomic E-state index is -2.18. The number of rotatable bonds is 6. The smallest absolute Gasteiger partial charge is 0.341 e. The van der Waals surface area contributed by atoms with Gasteiger partial charge in [0, 0.05) is 0 Å². The molecule has 0 heterocycles. The van der Waals surface area contributed by atoms with Crippen LogP contribution in [0.2, 0.25) is 0 Å². The summed E-state index contributed by atoms with van der Waals surface area (Å²) in [6, 6.07) is 39.6. The molecular formula is C27H24BrO2P. The van der Waals surface area contributed by atoms with Crippen LogP contribution in [0.15, 0.2) is 115 Å². The molecular weight excluding hydrogens is 467 g/mol. The summed E-state index contributed by atoms with van der Waals surface area (Å²) in [7, 11) is -0.735. The van der Waals surface area contributed by atoms with Crippen molar-refractivity contribution in [2.24, 2.45) is 0 Å². The van der Waals surface area contributed by atoms with Crippen LogP contribution in [0.3, 0.4) is 0 Å². The second-order valence-electron chi connectivity index (χ2n) is 7.13. The maximum Gasteiger partial charge on any atom is 0.341 e. The molecule has 0 unspecified atom stereocenters. The number of esters is 1. The standard InChI is InChI=1S/C27H24O2P.BrH/c1-29-27(28)25-19-11-12-20-26(25)30(23-15-7-3-8-16-23,24-17-9-4-10-18-24)21-22-13-5-2-6-14-22;/h2-20H,21H2,1H3;1H/q+1;/p-1. The molecule has 0 fully saturated rings. The molecule has 31 heavy (non-hydrogen) atoms. The number of benzene rings is 4. The number of hydrogen-bond acceptors (Lipinski definition) is 2. The molecule has 0 radical (unpaired) electrons. The number of methoxy groups -OCH3 is 1. The van der Waals surface area contributed by atoms with Crippen LogP contribution in [-0.4, -0.2) is 13.1 Å². The summed E-state index contributed by atoms with van der Waals surface area (Å²) >= 11 is 0. The van der Waals surface area contributed by atoms with Gasteiger partial charge < -0.3 is 21.7 Å². The van der Waals surface area contributed by atoms with E-state index in [0.29, 0.717) is 5.56 Å². The van der Waals surface area contributed by atoms with Crippen LogP contribution in [-0.2, 0) is 10.9 Å². The van der Waals surface area contributed by atoms with E-state index in [0.717, 1.165) is 11.5 Å². The van der Waals surface area contributed by atoms with Crippen LogP contribution in [0.5, 0.6) is 0 Å². The zero-order valence-corrected chi connectivity index (χ0v) is 19.8. The van der Waals surface area contributed by atoms with Crippen LogP contribution >= 0.6 is 7.26 Å². The average Bonchev–Trinajstić information content (AvgIpc) is 2.84. The van der Waals surface area contributed by atoms with Gasteiger partial charge >= 0.3 is 5.97 Å². The van der Waals surface area contributed by atoms with Gasteiger partial charge in [0.05, 0.1) is 13.3 Å². The van der Waals surface area contributed by atoms with E-state index in [-0.39, 0.29) is 23.0 Å². The molecule has 0 saturated carbocycles. The zero-order valence-electron chi connectivity index (χ0n) is 17.3. The van der Waals surface area contributed by atoms with E-state index in [4.69, 9.17) is 4.74 Å². The first-order valence-electron chi connectivity index (χ1n) is 9.97. The first kappa shape index (κ1) is 22.9. The Hall–Kier alpha value is -2.74. The van der Waals surface area contributed by atoms with E-state index in [9.17, 15) is 4.79 Å². The summed E-state index contributed by atoms with van der Waals surface area (Å²) < 4.78 is 5.17. The maximum atomic E-state index is 12.8. The lowest BCUT2D eigenvalue weighted by Gasteiger charge is -2.29. The van der Waals surface area contributed by atoms with Crippen LogP contribution in [0.25, 0.3) is 0 Å². The fourth-order valence-electron chi connectivity index (χ4n) is 4.01. The number of halogens is 1. The van der Waals surface area contributed by atoms with E-state index in [1.165, 1.54) is 23.3 Å². The van der Waals surface area contributed by atoms with Gasteiger partial charge in [-0.15, -0.1) is 0 Å². The second-order valence-corrected chi connectivity index (χ2v) is 10.6. The van der Waals surface area contributed by atoms with E-state index < -0.39 is 7.26 Å². The minimum absolute atomic E-state index is 0. The molecule has 0 aromatic heterocycles. The van der Waals surface area contributed by atoms with Crippen LogP contribution in [0, 0.1) is 0 Å². The summed E-state index contributed by atoms with van der Waals surface area (Å²) in [5.41, 5.74) is 1.88. The molecule has 0 bridgehead atoms. The molecule has 4 aromatic rings. The highest BCUT2D eigenvalue weighted by Crippen LogP contribution is 2.58. The van der Waals surface area contributed by atoms with Gasteiger partial charge in [-0.1, -0.05) is 78.9 Å². The van der Waals surface area contributed by atoms with Crippen molar-refractivity contribution in [3.05, 3.63) is 126 Å². The third-order valence-corrected chi connectivity index (χ3v) is 9.79. The normalized spacial score (nSPS) is 10.7. The van der Waals surface area contributed by atoms with Crippen molar-refractivity contribution < 1.29 is 26.5 Å². The van der Waals surface area contributed by atoms with Gasteiger partial charge in [-0.3, -0.25) is 0 Å². The molecule has 0 atom stereocenters. The molecule has 4 aromatic carbocycles. The number of hydrogen-bond donors (Lipinski definition) is 0. The minimum Gasteiger partial charge on any atom is -1.00 e. The predicted octanol–water partition coefficient (Wildman–Crippen LogP) is 1.97. The molecule has 0 aliphatic rings. The number of ether oxygens (including phenoxy) is 1. The highest BCUT2D eigenvalue weighted by molar-refractivity contribution is 7.95. The van der Waals surface area contributed by atoms with Crippen molar-refractivity contribution in [2.45, 2.75) is 6.16 Å². The van der Waals surface area contributed by atoms with E-state index in [1.807, 2.05) is 36.4 Å². The molecule has 4 heteroatoms. The highest BCUT2D eigenvalue weighted by atomic mass is 79.9. The van der Waals surface area contributed by atoms with E-state index in [1.54, 1.807) is 0 Å². The van der Waals surface area contributed by atoms with Gasteiger partial charge in [0.25, 0.3) is 0 Å². The topological polar surface area (TPSA) is 26.3 Å². The van der Waals surface area contributed by atoms with Gasteiger partial charge in [-0.2, -0.15) is 0 Å². The maximum absolute atomic E-state index is 12.8. The van der Waals surface area contributed by atoms with E-state index >= 15 is 0 Å². The van der Waals surface area contributed by atoms with Crippen molar-refractivity contribution in [3.8, 4) is 0 Å². The quantitative estimate of drug-likeness (QED) is 0.305. The van der Waals surface area contributed by atoms with Crippen molar-refractivity contribution in [1.82, 2.24) is 0 Å². The Balaban J connectivity index is 0.00000272. The molecule has 2 nitrogen and oxygen atoms in total. The van der Waals surface area contributed by atoms with Crippen molar-refractivity contribution >= 4 is 29.1 Å². The molecule has 0 saturated heterocycles. The summed E-state index contributed by atoms with van der Waals surface area (Å²) in [5, 5.41) is 3.55. The summed E-state index contributed by atoms with van der Waals surface area (Å²) in [4.78, 5) is 12.8. The Kier molecular flexibility index (Phi) is 7.79. The van der Waals surface area contributed by atoms with Crippen molar-refractivity contribution in [1.29, 1.82) is 0 Å². The van der Waals surface area contributed by atoms with Crippen LogP contribution in [0.1, 0.15) is 15.9 Å². The van der Waals surface area contributed by atoms with Crippen LogP contribution in [0.4, 0.5) is 0 Å². The van der Waals surface area contributed by atoms with Gasteiger partial charge in [-0.05, 0) is 42.0 Å². The molecule has 0 aliphatic heterocycles. The van der Waals surface area contributed by atoms with Gasteiger partial charge in [0.1, 0.15) is 28.7 Å². The fourth-order valence-corrected chi connectivity index (χ4v) is 8.43. The second kappa shape index (κ2) is 10.5. The zero-order chi connectivity index (χ0) is 20.8. The van der Waals surface area contributed by atoms with Crippen LogP contribution < -0.4 is 32.9 Å². The lowest BCUT2D eigenvalue weighted by Crippen LogP contribution is -3.00. The molecule has 0 aliphatic carbocycles. The Morgan fingerprint density at radius 1 is 0.677 bits per heavy atom. The van der Waals surface area contributed by atoms with Crippen molar-refractivity contribution in [3.63, 3.8) is 0 Å². The largest absolute Gasteiger partial charge is 1.00 e. The van der Waals surface area contributed by atoms with Gasteiger partial charge in [0.15, 0.2) is 0 Å². The predicted molar refractivity (Wildman–Crippen MR) is 127 cm³/mol. The lowest BCUT2D eigenvalue weighted by molar-refractivity contribution is -0.0000204. The van der Waals surface area contributed by atoms with E-state index in [2.05, 4.69) is 78.9 Å². The molecule has 156 valence electrons. The van der Waals surface area contributed by atoms with Gasteiger partial charge in [-0.25, -0.2) is 4.79 Å². The first-order chi connectivity index (χ1) is 14.8. The monoisotopic (exact) mass is 490 g/mol. The first-order valence-corrected chi connectivity index (χ1v) is 11.9. The van der Waals surface area contributed by atoms with Gasteiger partial charge in [0.2, 0.25) is 0 Å². The van der Waals surface area contributed by atoms with Crippen molar-refractivity contribution in [2.75, 3.05) is 7.11 Å². The Morgan fingerprint density at radius 3 is 1.65 bits per heavy atom. The SMILES string of the molecule is COC(=O)c1ccccc1[P+](Cc1ccccc1)(c1ccccc1)c1ccccc1.[Br-]. The highest BCUT2D eigenvalue weighted by Gasteiger charge is 2.47. The fraction of sp³-hybridized carbons (Fsp3) is 0.0741. The molecule has 4 rings (SSSR count). The summed E-state index contributed by atoms with van der Waals surface area (Å²) in [6.45, 7) is 0. The molecule has 0 amide bonds. The summed E-state index contributed by atoms with van der Waals surface area (Å²) in [6.07, 6.45) is 0.829. The number of carbonyl (C=O) groups is 1. The molecule has 0 N–H and O–H groups in total. The third-order valence-electron chi connectivity index (χ3n) is 5.38. The molecule has 0 spiro atoms. The average molecular weight is 491 g/mol.